The number of hydrogen-bond acceptors (Lipinski definition) is 4. The van der Waals surface area contributed by atoms with Gasteiger partial charge in [0.05, 0.1) is 30.3 Å². The molecule has 1 rings (SSSR count). The molecular formula is C13H25NO3. The van der Waals surface area contributed by atoms with Gasteiger partial charge in [0.25, 0.3) is 0 Å². The van der Waals surface area contributed by atoms with Crippen LogP contribution in [-0.2, 0) is 14.3 Å². The average molecular weight is 243 g/mol. The number of carbonyl (C=O) groups excluding carboxylic acids is 1. The van der Waals surface area contributed by atoms with Gasteiger partial charge in [-0.05, 0) is 40.7 Å². The molecule has 0 aromatic heterocycles. The van der Waals surface area contributed by atoms with Crippen LogP contribution in [0, 0.1) is 0 Å². The van der Waals surface area contributed by atoms with Crippen LogP contribution in [0.25, 0.3) is 0 Å². The van der Waals surface area contributed by atoms with Crippen LogP contribution in [0.1, 0.15) is 47.5 Å². The molecule has 0 saturated carbocycles. The minimum Gasteiger partial charge on any atom is -0.469 e. The number of methoxy groups -OCH3 is 1. The second-order valence-electron chi connectivity index (χ2n) is 5.91. The fourth-order valence-corrected chi connectivity index (χ4v) is 3.03. The summed E-state index contributed by atoms with van der Waals surface area (Å²) in [7, 11) is 1.43. The third kappa shape index (κ3) is 2.80. The molecule has 4 nitrogen and oxygen atoms in total. The largest absolute Gasteiger partial charge is 0.469 e. The number of nitrogens with one attached hydrogen (secondary N) is 1. The molecule has 0 aliphatic carbocycles. The zero-order valence-electron chi connectivity index (χ0n) is 11.8. The molecule has 0 spiro atoms. The van der Waals surface area contributed by atoms with E-state index < -0.39 is 0 Å². The van der Waals surface area contributed by atoms with E-state index in [4.69, 9.17) is 9.47 Å². The van der Waals surface area contributed by atoms with Gasteiger partial charge in [-0.3, -0.25) is 4.79 Å². The van der Waals surface area contributed by atoms with Crippen molar-refractivity contribution >= 4 is 5.97 Å². The van der Waals surface area contributed by atoms with Gasteiger partial charge in [0, 0.05) is 0 Å². The molecule has 1 N–H and O–H groups in total. The maximum atomic E-state index is 11.6. The van der Waals surface area contributed by atoms with Gasteiger partial charge in [0.2, 0.25) is 0 Å². The van der Waals surface area contributed by atoms with Crippen LogP contribution >= 0.6 is 0 Å². The highest BCUT2D eigenvalue weighted by Gasteiger charge is 2.57. The molecule has 100 valence electrons. The summed E-state index contributed by atoms with van der Waals surface area (Å²) in [5, 5.41) is 3.44. The van der Waals surface area contributed by atoms with Crippen molar-refractivity contribution in [2.24, 2.45) is 0 Å². The van der Waals surface area contributed by atoms with Crippen LogP contribution in [0.2, 0.25) is 0 Å². The predicted molar refractivity (Wildman–Crippen MR) is 66.9 cm³/mol. The van der Waals surface area contributed by atoms with E-state index in [1.807, 2.05) is 20.8 Å². The van der Waals surface area contributed by atoms with Gasteiger partial charge < -0.3 is 14.8 Å². The molecule has 0 aromatic rings. The SMILES string of the molecule is CCNC1(CC(=O)OC)CC(C)(C)OC1(C)C. The third-order valence-corrected chi connectivity index (χ3v) is 3.60. The number of likely N-dealkylation sites (N-methyl/N-ethyl adjacent to an activating group) is 1. The molecule has 1 aliphatic rings. The standard InChI is InChI=1S/C13H25NO3/c1-7-14-13(8-10(15)16-6)9-11(2,3)17-12(13,4)5/h14H,7-9H2,1-6H3. The summed E-state index contributed by atoms with van der Waals surface area (Å²) in [5.74, 6) is -0.194. The summed E-state index contributed by atoms with van der Waals surface area (Å²) in [6.45, 7) is 11.0. The Morgan fingerprint density at radius 1 is 1.35 bits per heavy atom. The quantitative estimate of drug-likeness (QED) is 0.766. The van der Waals surface area contributed by atoms with Gasteiger partial charge in [-0.25, -0.2) is 0 Å². The zero-order chi connectivity index (χ0) is 13.3. The Bertz CT molecular complexity index is 299. The molecule has 0 bridgehead atoms. The maximum absolute atomic E-state index is 11.6. The molecular weight excluding hydrogens is 218 g/mol. The second-order valence-corrected chi connectivity index (χ2v) is 5.91. The van der Waals surface area contributed by atoms with Crippen molar-refractivity contribution in [3.05, 3.63) is 0 Å². The Balaban J connectivity index is 3.02. The van der Waals surface area contributed by atoms with E-state index in [1.54, 1.807) is 0 Å². The van der Waals surface area contributed by atoms with Crippen molar-refractivity contribution in [2.75, 3.05) is 13.7 Å². The Morgan fingerprint density at radius 2 is 1.94 bits per heavy atom. The zero-order valence-corrected chi connectivity index (χ0v) is 11.8. The minimum atomic E-state index is -0.388. The molecule has 1 atom stereocenters. The van der Waals surface area contributed by atoms with E-state index >= 15 is 0 Å². The predicted octanol–water partition coefficient (Wildman–Crippen LogP) is 1.88. The normalized spacial score (nSPS) is 30.2. The Morgan fingerprint density at radius 3 is 2.29 bits per heavy atom. The molecule has 0 aromatic carbocycles. The molecule has 1 saturated heterocycles. The lowest BCUT2D eigenvalue weighted by molar-refractivity contribution is -0.145. The maximum Gasteiger partial charge on any atom is 0.307 e. The van der Waals surface area contributed by atoms with Crippen LogP contribution < -0.4 is 5.32 Å². The Kier molecular flexibility index (Phi) is 3.89. The molecule has 17 heavy (non-hydrogen) atoms. The summed E-state index contributed by atoms with van der Waals surface area (Å²) in [4.78, 5) is 11.6. The number of ether oxygens (including phenoxy) is 2. The lowest BCUT2D eigenvalue weighted by Gasteiger charge is -2.39. The first-order valence-electron chi connectivity index (χ1n) is 6.20. The summed E-state index contributed by atoms with van der Waals surface area (Å²) >= 11 is 0. The third-order valence-electron chi connectivity index (χ3n) is 3.60. The van der Waals surface area contributed by atoms with Gasteiger partial charge in [-0.15, -0.1) is 0 Å². The van der Waals surface area contributed by atoms with Gasteiger partial charge >= 0.3 is 5.97 Å². The Hall–Kier alpha value is -0.610. The van der Waals surface area contributed by atoms with Crippen molar-refractivity contribution in [2.45, 2.75) is 64.2 Å². The molecule has 4 heteroatoms. The van der Waals surface area contributed by atoms with Crippen LogP contribution in [0.5, 0.6) is 0 Å². The first-order chi connectivity index (χ1) is 7.68. The number of esters is 1. The van der Waals surface area contributed by atoms with Crippen LogP contribution in [0.3, 0.4) is 0 Å². The lowest BCUT2D eigenvalue weighted by Crippen LogP contribution is -2.58. The molecule has 1 fully saturated rings. The molecule has 1 unspecified atom stereocenters. The first kappa shape index (κ1) is 14.5. The summed E-state index contributed by atoms with van der Waals surface area (Å²) in [5.41, 5.74) is -0.960. The highest BCUT2D eigenvalue weighted by molar-refractivity contribution is 5.71. The van der Waals surface area contributed by atoms with E-state index in [2.05, 4.69) is 19.2 Å². The Labute approximate surface area is 104 Å². The summed E-state index contributed by atoms with van der Waals surface area (Å²) in [6, 6.07) is 0. The van der Waals surface area contributed by atoms with E-state index in [9.17, 15) is 4.79 Å². The second kappa shape index (κ2) is 4.58. The van der Waals surface area contributed by atoms with Crippen molar-refractivity contribution in [3.8, 4) is 0 Å². The molecule has 1 aliphatic heterocycles. The van der Waals surface area contributed by atoms with Crippen LogP contribution in [-0.4, -0.2) is 36.4 Å². The smallest absolute Gasteiger partial charge is 0.307 e. The van der Waals surface area contributed by atoms with Crippen LogP contribution in [0.4, 0.5) is 0 Å². The highest BCUT2D eigenvalue weighted by Crippen LogP contribution is 2.46. The lowest BCUT2D eigenvalue weighted by atomic mass is 9.76. The molecule has 0 radical (unpaired) electrons. The average Bonchev–Trinajstić information content (AvgIpc) is 2.31. The van der Waals surface area contributed by atoms with Gasteiger partial charge in [-0.2, -0.15) is 0 Å². The topological polar surface area (TPSA) is 47.6 Å². The van der Waals surface area contributed by atoms with E-state index in [1.165, 1.54) is 7.11 Å². The number of hydrogen-bond donors (Lipinski definition) is 1. The van der Waals surface area contributed by atoms with Gasteiger partial charge in [-0.1, -0.05) is 6.92 Å². The van der Waals surface area contributed by atoms with E-state index in [0.717, 1.165) is 13.0 Å². The van der Waals surface area contributed by atoms with Crippen molar-refractivity contribution in [3.63, 3.8) is 0 Å². The van der Waals surface area contributed by atoms with Crippen molar-refractivity contribution in [1.29, 1.82) is 0 Å². The minimum absolute atomic E-state index is 0.194. The number of carbonyl (C=O) groups is 1. The van der Waals surface area contributed by atoms with Gasteiger partial charge in [0.1, 0.15) is 0 Å². The van der Waals surface area contributed by atoms with Crippen molar-refractivity contribution < 1.29 is 14.3 Å². The highest BCUT2D eigenvalue weighted by atomic mass is 16.5. The monoisotopic (exact) mass is 243 g/mol. The van der Waals surface area contributed by atoms with E-state index in [-0.39, 0.29) is 22.7 Å². The fourth-order valence-electron chi connectivity index (χ4n) is 3.03. The fraction of sp³-hybridized carbons (Fsp3) is 0.923. The van der Waals surface area contributed by atoms with Crippen molar-refractivity contribution in [1.82, 2.24) is 5.32 Å². The molecule has 0 amide bonds. The molecule has 1 heterocycles. The summed E-state index contributed by atoms with van der Waals surface area (Å²) in [6.07, 6.45) is 1.14. The van der Waals surface area contributed by atoms with Gasteiger partial charge in [0.15, 0.2) is 0 Å². The summed E-state index contributed by atoms with van der Waals surface area (Å²) < 4.78 is 10.9. The number of rotatable bonds is 4. The van der Waals surface area contributed by atoms with Crippen LogP contribution in [0.15, 0.2) is 0 Å². The first-order valence-corrected chi connectivity index (χ1v) is 6.20. The van der Waals surface area contributed by atoms with E-state index in [0.29, 0.717) is 6.42 Å².